The number of hydrogen-bond acceptors (Lipinski definition) is 6. The molecular weight excluding hydrogens is 339 g/mol. The summed E-state index contributed by atoms with van der Waals surface area (Å²) in [6, 6.07) is 0. The molecule has 1 spiro atoms. The van der Waals surface area contributed by atoms with Crippen LogP contribution >= 0.6 is 0 Å². The fraction of sp³-hybridized carbons (Fsp3) is 0.722. The molecule has 1 aromatic heterocycles. The molecule has 8 heteroatoms. The van der Waals surface area contributed by atoms with Crippen molar-refractivity contribution in [2.45, 2.75) is 37.0 Å². The van der Waals surface area contributed by atoms with Gasteiger partial charge in [0.2, 0.25) is 5.95 Å². The van der Waals surface area contributed by atoms with Gasteiger partial charge in [-0.05, 0) is 6.42 Å². The first-order chi connectivity index (χ1) is 12.4. The molecule has 142 valence electrons. The largest absolute Gasteiger partial charge is 0.381 e. The van der Waals surface area contributed by atoms with Gasteiger partial charge < -0.3 is 19.3 Å². The molecule has 0 bridgehead atoms. The summed E-state index contributed by atoms with van der Waals surface area (Å²) in [5.74, 6) is 0.230. The van der Waals surface area contributed by atoms with Crippen LogP contribution in [0.25, 0.3) is 0 Å². The average Bonchev–Trinajstić information content (AvgIpc) is 3.06. The standard InChI is InChI=1S/C18H25FN4O3/c1-22(2)16-20-9-13-10-26-12-17(14(13)21-16)3-6-23(11-17)15(24)18(19)4-7-25-8-5-18/h9H,3-8,10-12H2,1-2H3. The molecule has 7 nitrogen and oxygen atoms in total. The molecule has 1 amide bonds. The highest BCUT2D eigenvalue weighted by atomic mass is 19.1. The van der Waals surface area contributed by atoms with Crippen LogP contribution in [0, 0.1) is 0 Å². The summed E-state index contributed by atoms with van der Waals surface area (Å²) in [5, 5.41) is 0. The number of alkyl halides is 1. The highest BCUT2D eigenvalue weighted by Gasteiger charge is 2.51. The van der Waals surface area contributed by atoms with Crippen LogP contribution in [0.2, 0.25) is 0 Å². The quantitative estimate of drug-likeness (QED) is 0.782. The smallest absolute Gasteiger partial charge is 0.260 e. The zero-order chi connectivity index (χ0) is 18.4. The Balaban J connectivity index is 1.60. The van der Waals surface area contributed by atoms with Gasteiger partial charge >= 0.3 is 0 Å². The molecule has 1 aromatic rings. The predicted molar refractivity (Wildman–Crippen MR) is 92.8 cm³/mol. The molecule has 3 aliphatic heterocycles. The molecule has 0 radical (unpaired) electrons. The molecule has 0 aliphatic carbocycles. The fourth-order valence-corrected chi connectivity index (χ4v) is 4.15. The van der Waals surface area contributed by atoms with Crippen molar-refractivity contribution < 1.29 is 18.7 Å². The van der Waals surface area contributed by atoms with Gasteiger partial charge in [-0.15, -0.1) is 0 Å². The van der Waals surface area contributed by atoms with E-state index < -0.39 is 11.6 Å². The van der Waals surface area contributed by atoms with E-state index in [0.717, 1.165) is 17.7 Å². The van der Waals surface area contributed by atoms with E-state index in [0.29, 0.717) is 45.5 Å². The third kappa shape index (κ3) is 2.85. The van der Waals surface area contributed by atoms with Gasteiger partial charge in [0.1, 0.15) is 0 Å². The van der Waals surface area contributed by atoms with Crippen LogP contribution in [-0.4, -0.2) is 73.4 Å². The number of amides is 1. The molecule has 2 fully saturated rings. The van der Waals surface area contributed by atoms with E-state index in [2.05, 4.69) is 4.98 Å². The van der Waals surface area contributed by atoms with Crippen molar-refractivity contribution in [1.29, 1.82) is 0 Å². The van der Waals surface area contributed by atoms with Crippen molar-refractivity contribution in [2.24, 2.45) is 0 Å². The summed E-state index contributed by atoms with van der Waals surface area (Å²) in [6.45, 7) is 2.53. The average molecular weight is 364 g/mol. The second kappa shape index (κ2) is 6.42. The number of nitrogens with zero attached hydrogens (tertiary/aromatic N) is 4. The molecule has 0 aromatic carbocycles. The van der Waals surface area contributed by atoms with Gasteiger partial charge in [-0.25, -0.2) is 14.4 Å². The zero-order valence-electron chi connectivity index (χ0n) is 15.3. The topological polar surface area (TPSA) is 67.8 Å². The fourth-order valence-electron chi connectivity index (χ4n) is 4.15. The van der Waals surface area contributed by atoms with Crippen molar-refractivity contribution in [3.05, 3.63) is 17.5 Å². The summed E-state index contributed by atoms with van der Waals surface area (Å²) in [5.41, 5.74) is -0.282. The van der Waals surface area contributed by atoms with Crippen LogP contribution in [0.15, 0.2) is 6.20 Å². The molecule has 1 unspecified atom stereocenters. The van der Waals surface area contributed by atoms with Gasteiger partial charge in [-0.3, -0.25) is 4.79 Å². The van der Waals surface area contributed by atoms with Crippen molar-refractivity contribution in [3.63, 3.8) is 0 Å². The Morgan fingerprint density at radius 3 is 2.77 bits per heavy atom. The van der Waals surface area contributed by atoms with Crippen LogP contribution in [0.4, 0.5) is 10.3 Å². The number of likely N-dealkylation sites (tertiary alicyclic amines) is 1. The van der Waals surface area contributed by atoms with Crippen LogP contribution in [0.3, 0.4) is 0 Å². The van der Waals surface area contributed by atoms with Gasteiger partial charge in [0.25, 0.3) is 5.91 Å². The minimum atomic E-state index is -1.80. The second-order valence-electron chi connectivity index (χ2n) is 7.77. The lowest BCUT2D eigenvalue weighted by atomic mass is 9.80. The first-order valence-electron chi connectivity index (χ1n) is 9.11. The normalized spacial score (nSPS) is 27.4. The van der Waals surface area contributed by atoms with E-state index in [1.807, 2.05) is 19.0 Å². The lowest BCUT2D eigenvalue weighted by Gasteiger charge is -2.36. The monoisotopic (exact) mass is 364 g/mol. The number of carbonyl (C=O) groups excluding carboxylic acids is 1. The summed E-state index contributed by atoms with van der Waals surface area (Å²) >= 11 is 0. The minimum Gasteiger partial charge on any atom is -0.381 e. The molecule has 1 atom stereocenters. The SMILES string of the molecule is CN(C)c1ncc2c(n1)C1(CCN(C(=O)C3(F)CCOCC3)C1)COC2. The Hall–Kier alpha value is -1.80. The van der Waals surface area contributed by atoms with Crippen LogP contribution < -0.4 is 4.90 Å². The van der Waals surface area contributed by atoms with Gasteiger partial charge in [0, 0.05) is 51.8 Å². The molecule has 26 heavy (non-hydrogen) atoms. The maximum Gasteiger partial charge on any atom is 0.260 e. The van der Waals surface area contributed by atoms with Crippen molar-refractivity contribution in [2.75, 3.05) is 51.9 Å². The second-order valence-corrected chi connectivity index (χ2v) is 7.77. The molecule has 4 heterocycles. The molecule has 0 saturated carbocycles. The Morgan fingerprint density at radius 1 is 1.27 bits per heavy atom. The first kappa shape index (κ1) is 17.6. The number of ether oxygens (including phenoxy) is 2. The highest BCUT2D eigenvalue weighted by molar-refractivity contribution is 5.85. The lowest BCUT2D eigenvalue weighted by Crippen LogP contribution is -2.50. The van der Waals surface area contributed by atoms with E-state index in [1.54, 1.807) is 11.1 Å². The number of rotatable bonds is 2. The number of fused-ring (bicyclic) bond motifs is 2. The minimum absolute atomic E-state index is 0.134. The number of hydrogen-bond donors (Lipinski definition) is 0. The van der Waals surface area contributed by atoms with Crippen LogP contribution in [0.5, 0.6) is 0 Å². The van der Waals surface area contributed by atoms with Crippen molar-refractivity contribution in [3.8, 4) is 0 Å². The number of aromatic nitrogens is 2. The molecule has 3 aliphatic rings. The maximum absolute atomic E-state index is 15.1. The van der Waals surface area contributed by atoms with Gasteiger partial charge in [-0.2, -0.15) is 0 Å². The van der Waals surface area contributed by atoms with E-state index >= 15 is 4.39 Å². The first-order valence-corrected chi connectivity index (χ1v) is 9.11. The van der Waals surface area contributed by atoms with Crippen LogP contribution in [-0.2, 0) is 26.3 Å². The van der Waals surface area contributed by atoms with Crippen molar-refractivity contribution in [1.82, 2.24) is 14.9 Å². The lowest BCUT2D eigenvalue weighted by molar-refractivity contribution is -0.149. The number of anilines is 1. The summed E-state index contributed by atoms with van der Waals surface area (Å²) in [7, 11) is 3.80. The van der Waals surface area contributed by atoms with Gasteiger partial charge in [0.15, 0.2) is 5.67 Å². The summed E-state index contributed by atoms with van der Waals surface area (Å²) in [6.07, 6.45) is 2.80. The summed E-state index contributed by atoms with van der Waals surface area (Å²) < 4.78 is 26.1. The predicted octanol–water partition coefficient (Wildman–Crippen LogP) is 1.06. The third-order valence-electron chi connectivity index (χ3n) is 5.70. The molecule has 0 N–H and O–H groups in total. The Morgan fingerprint density at radius 2 is 2.04 bits per heavy atom. The Bertz CT molecular complexity index is 708. The summed E-state index contributed by atoms with van der Waals surface area (Å²) in [4.78, 5) is 25.5. The molecule has 2 saturated heterocycles. The van der Waals surface area contributed by atoms with Gasteiger partial charge in [0.05, 0.1) is 37.5 Å². The maximum atomic E-state index is 15.1. The third-order valence-corrected chi connectivity index (χ3v) is 5.70. The Kier molecular flexibility index (Phi) is 4.35. The highest BCUT2D eigenvalue weighted by Crippen LogP contribution is 2.41. The van der Waals surface area contributed by atoms with E-state index in [9.17, 15) is 4.79 Å². The van der Waals surface area contributed by atoms with E-state index in [1.165, 1.54) is 0 Å². The molecular formula is C18H25FN4O3. The van der Waals surface area contributed by atoms with Crippen LogP contribution in [0.1, 0.15) is 30.5 Å². The zero-order valence-corrected chi connectivity index (χ0v) is 15.3. The van der Waals surface area contributed by atoms with E-state index in [-0.39, 0.29) is 18.3 Å². The van der Waals surface area contributed by atoms with E-state index in [4.69, 9.17) is 14.5 Å². The van der Waals surface area contributed by atoms with Gasteiger partial charge in [-0.1, -0.05) is 0 Å². The number of halogens is 1. The number of carbonyl (C=O) groups is 1. The Labute approximate surface area is 152 Å². The molecule has 4 rings (SSSR count). The van der Waals surface area contributed by atoms with Crippen molar-refractivity contribution >= 4 is 11.9 Å².